The number of halogens is 1. The number of rotatable bonds is 3. The van der Waals surface area contributed by atoms with Crippen LogP contribution >= 0.6 is 11.6 Å². The van der Waals surface area contributed by atoms with E-state index in [1.54, 1.807) is 13.8 Å². The highest BCUT2D eigenvalue weighted by Crippen LogP contribution is 2.05. The highest BCUT2D eigenvalue weighted by atomic mass is 35.5. The maximum absolute atomic E-state index is 10.1. The van der Waals surface area contributed by atoms with E-state index in [9.17, 15) is 4.79 Å². The molecule has 10 heavy (non-hydrogen) atoms. The monoisotopic (exact) mass is 166 g/mol. The van der Waals surface area contributed by atoms with E-state index >= 15 is 0 Å². The molecule has 0 aliphatic heterocycles. The second-order valence-corrected chi connectivity index (χ2v) is 2.35. The smallest absolute Gasteiger partial charge is 0.404 e. The van der Waals surface area contributed by atoms with E-state index in [1.165, 1.54) is 0 Å². The fraction of sp³-hybridized carbons (Fsp3) is 0.833. The molecule has 2 atom stereocenters. The summed E-state index contributed by atoms with van der Waals surface area (Å²) in [5.74, 6) is 0. The minimum Gasteiger partial charge on any atom is -0.448 e. The van der Waals surface area contributed by atoms with E-state index in [0.717, 1.165) is 0 Å². The minimum absolute atomic E-state index is 0.481. The van der Waals surface area contributed by atoms with Crippen LogP contribution in [-0.4, -0.2) is 22.7 Å². The molecule has 0 saturated carbocycles. The Labute approximate surface area is 64.9 Å². The van der Waals surface area contributed by atoms with E-state index in [-0.39, 0.29) is 0 Å². The van der Waals surface area contributed by atoms with Crippen LogP contribution in [0.3, 0.4) is 0 Å². The summed E-state index contributed by atoms with van der Waals surface area (Å²) in [6, 6.07) is 0. The van der Waals surface area contributed by atoms with Gasteiger partial charge in [0, 0.05) is 11.6 Å². The van der Waals surface area contributed by atoms with Gasteiger partial charge in [0.05, 0.1) is 6.10 Å². The van der Waals surface area contributed by atoms with Crippen molar-refractivity contribution in [1.82, 2.24) is 0 Å². The van der Waals surface area contributed by atoms with Gasteiger partial charge in [-0.2, -0.15) is 0 Å². The first-order valence-electron chi connectivity index (χ1n) is 3.12. The van der Waals surface area contributed by atoms with Crippen LogP contribution in [0.5, 0.6) is 0 Å². The lowest BCUT2D eigenvalue weighted by molar-refractivity contribution is 0.0210. The largest absolute Gasteiger partial charge is 0.448 e. The second kappa shape index (κ2) is 4.52. The highest BCUT2D eigenvalue weighted by Gasteiger charge is 2.15. The summed E-state index contributed by atoms with van der Waals surface area (Å²) >= 11 is 4.92. The van der Waals surface area contributed by atoms with Crippen molar-refractivity contribution in [3.63, 3.8) is 0 Å². The standard InChI is InChI=1S/C6H11ClO3/c1-3-5(4(2)8)10-6(7)9/h4-5,8H,3H2,1-2H3. The van der Waals surface area contributed by atoms with E-state index < -0.39 is 17.6 Å². The lowest BCUT2D eigenvalue weighted by atomic mass is 10.2. The second-order valence-electron chi connectivity index (χ2n) is 2.04. The van der Waals surface area contributed by atoms with Gasteiger partial charge < -0.3 is 9.84 Å². The Kier molecular flexibility index (Phi) is 4.40. The highest BCUT2D eigenvalue weighted by molar-refractivity contribution is 6.61. The van der Waals surface area contributed by atoms with Crippen LogP contribution < -0.4 is 0 Å². The Balaban J connectivity index is 3.71. The van der Waals surface area contributed by atoms with Gasteiger partial charge in [0.2, 0.25) is 0 Å². The van der Waals surface area contributed by atoms with Gasteiger partial charge in [0.1, 0.15) is 6.10 Å². The number of aliphatic hydroxyl groups excluding tert-OH is 1. The third-order valence-corrected chi connectivity index (χ3v) is 1.27. The zero-order valence-electron chi connectivity index (χ0n) is 6.00. The predicted octanol–water partition coefficient (Wildman–Crippen LogP) is 1.52. The van der Waals surface area contributed by atoms with Crippen LogP contribution in [0.1, 0.15) is 20.3 Å². The molecule has 2 unspecified atom stereocenters. The molecule has 0 bridgehead atoms. The molecule has 1 N–H and O–H groups in total. The molecule has 0 amide bonds. The molecule has 0 spiro atoms. The first-order valence-corrected chi connectivity index (χ1v) is 3.50. The molecule has 0 saturated heterocycles. The molecule has 0 fully saturated rings. The van der Waals surface area contributed by atoms with E-state index in [1.807, 2.05) is 0 Å². The van der Waals surface area contributed by atoms with E-state index in [2.05, 4.69) is 4.74 Å². The van der Waals surface area contributed by atoms with Crippen molar-refractivity contribution in [2.24, 2.45) is 0 Å². The third kappa shape index (κ3) is 3.69. The van der Waals surface area contributed by atoms with Gasteiger partial charge in [-0.25, -0.2) is 4.79 Å². The van der Waals surface area contributed by atoms with E-state index in [4.69, 9.17) is 16.7 Å². The first kappa shape index (κ1) is 9.72. The molecule has 4 heteroatoms. The van der Waals surface area contributed by atoms with Gasteiger partial charge in [0.15, 0.2) is 0 Å². The Morgan fingerprint density at radius 2 is 2.30 bits per heavy atom. The fourth-order valence-electron chi connectivity index (χ4n) is 0.642. The molecule has 3 nitrogen and oxygen atoms in total. The van der Waals surface area contributed by atoms with E-state index in [0.29, 0.717) is 6.42 Å². The molecule has 0 aromatic heterocycles. The summed E-state index contributed by atoms with van der Waals surface area (Å²) in [5, 5.41) is 8.93. The summed E-state index contributed by atoms with van der Waals surface area (Å²) in [6.45, 7) is 3.35. The van der Waals surface area contributed by atoms with Crippen molar-refractivity contribution in [1.29, 1.82) is 0 Å². The number of carbonyl (C=O) groups excluding carboxylic acids is 1. The molecule has 0 aliphatic carbocycles. The number of carbonyl (C=O) groups is 1. The minimum atomic E-state index is -0.868. The quantitative estimate of drug-likeness (QED) is 0.647. The van der Waals surface area contributed by atoms with Crippen molar-refractivity contribution in [2.45, 2.75) is 32.5 Å². The lowest BCUT2D eigenvalue weighted by Gasteiger charge is -2.16. The van der Waals surface area contributed by atoms with Crippen LogP contribution in [0.15, 0.2) is 0 Å². The average Bonchev–Trinajstić information content (AvgIpc) is 1.81. The number of hydrogen-bond donors (Lipinski definition) is 1. The molecule has 60 valence electrons. The van der Waals surface area contributed by atoms with Crippen molar-refractivity contribution in [3.05, 3.63) is 0 Å². The average molecular weight is 167 g/mol. The molecular weight excluding hydrogens is 156 g/mol. The number of ether oxygens (including phenoxy) is 1. The Morgan fingerprint density at radius 3 is 2.40 bits per heavy atom. The van der Waals surface area contributed by atoms with Crippen molar-refractivity contribution < 1.29 is 14.6 Å². The molecule has 0 aromatic carbocycles. The van der Waals surface area contributed by atoms with Gasteiger partial charge in [0.25, 0.3) is 0 Å². The summed E-state index contributed by atoms with van der Waals surface area (Å²) < 4.78 is 4.54. The SMILES string of the molecule is CCC(OC(=O)Cl)C(C)O. The zero-order chi connectivity index (χ0) is 8.15. The van der Waals surface area contributed by atoms with Gasteiger partial charge in [-0.15, -0.1) is 0 Å². The topological polar surface area (TPSA) is 46.5 Å². The Morgan fingerprint density at radius 1 is 1.80 bits per heavy atom. The summed E-state index contributed by atoms with van der Waals surface area (Å²) in [5.41, 5.74) is -0.868. The molecule has 0 rings (SSSR count). The lowest BCUT2D eigenvalue weighted by Crippen LogP contribution is -2.26. The van der Waals surface area contributed by atoms with Crippen LogP contribution in [0, 0.1) is 0 Å². The normalized spacial score (nSPS) is 16.0. The molecule has 0 heterocycles. The molecule has 0 radical (unpaired) electrons. The Bertz CT molecular complexity index is 114. The summed E-state index contributed by atoms with van der Waals surface area (Å²) in [6.07, 6.45) is -0.575. The van der Waals surface area contributed by atoms with Crippen LogP contribution in [-0.2, 0) is 4.74 Å². The first-order chi connectivity index (χ1) is 4.57. The van der Waals surface area contributed by atoms with Crippen molar-refractivity contribution in [2.75, 3.05) is 0 Å². The van der Waals surface area contributed by atoms with Gasteiger partial charge in [-0.1, -0.05) is 6.92 Å². The third-order valence-electron chi connectivity index (χ3n) is 1.18. The maximum Gasteiger partial charge on any atom is 0.404 e. The van der Waals surface area contributed by atoms with Crippen LogP contribution in [0.2, 0.25) is 0 Å². The number of hydrogen-bond acceptors (Lipinski definition) is 3. The maximum atomic E-state index is 10.1. The zero-order valence-corrected chi connectivity index (χ0v) is 6.76. The molecule has 0 aliphatic rings. The van der Waals surface area contributed by atoms with Gasteiger partial charge in [-0.05, 0) is 13.3 Å². The van der Waals surface area contributed by atoms with Crippen LogP contribution in [0.25, 0.3) is 0 Å². The van der Waals surface area contributed by atoms with Crippen molar-refractivity contribution >= 4 is 17.0 Å². The van der Waals surface area contributed by atoms with Gasteiger partial charge >= 0.3 is 5.43 Å². The predicted molar refractivity (Wildman–Crippen MR) is 38.1 cm³/mol. The Hall–Kier alpha value is -0.280. The fourth-order valence-corrected chi connectivity index (χ4v) is 0.756. The molecule has 0 aromatic rings. The summed E-state index contributed by atoms with van der Waals surface area (Å²) in [7, 11) is 0. The summed E-state index contributed by atoms with van der Waals surface area (Å²) in [4.78, 5) is 10.1. The van der Waals surface area contributed by atoms with Crippen LogP contribution in [0.4, 0.5) is 4.79 Å². The van der Waals surface area contributed by atoms with Crippen molar-refractivity contribution in [3.8, 4) is 0 Å². The number of aliphatic hydroxyl groups is 1. The van der Waals surface area contributed by atoms with Gasteiger partial charge in [-0.3, -0.25) is 0 Å². The molecular formula is C6H11ClO3.